The van der Waals surface area contributed by atoms with Crippen LogP contribution < -0.4 is 10.6 Å². The van der Waals surface area contributed by atoms with E-state index in [2.05, 4.69) is 10.2 Å². The molecule has 7 heteroatoms. The van der Waals surface area contributed by atoms with Gasteiger partial charge in [-0.05, 0) is 0 Å². The zero-order valence-electron chi connectivity index (χ0n) is 9.68. The van der Waals surface area contributed by atoms with E-state index in [1.807, 2.05) is 14.1 Å². The van der Waals surface area contributed by atoms with Crippen LogP contribution in [0.3, 0.4) is 0 Å². The summed E-state index contributed by atoms with van der Waals surface area (Å²) < 4.78 is 1.18. The number of aryl methyl sites for hydroxylation is 1. The van der Waals surface area contributed by atoms with Crippen molar-refractivity contribution in [1.82, 2.24) is 14.7 Å². The van der Waals surface area contributed by atoms with Crippen LogP contribution in [0.15, 0.2) is 16.1 Å². The van der Waals surface area contributed by atoms with E-state index in [1.165, 1.54) is 15.9 Å². The summed E-state index contributed by atoms with van der Waals surface area (Å²) >= 11 is 5.91. The van der Waals surface area contributed by atoms with Gasteiger partial charge in [-0.3, -0.25) is 9.80 Å². The summed E-state index contributed by atoms with van der Waals surface area (Å²) in [5.74, 6) is 0. The molecule has 1 aromatic heterocycles. The van der Waals surface area contributed by atoms with Crippen LogP contribution in [0.25, 0.3) is 0 Å². The molecule has 16 heavy (non-hydrogen) atoms. The van der Waals surface area contributed by atoms with Gasteiger partial charge in [0, 0.05) is 28.2 Å². The number of aromatic nitrogens is 2. The molecule has 0 unspecified atom stereocenters. The Morgan fingerprint density at radius 2 is 2.12 bits per heavy atom. The average molecular weight is 244 g/mol. The molecular weight excluding hydrogens is 230 g/mol. The Hall–Kier alpha value is -1.56. The van der Waals surface area contributed by atoms with Gasteiger partial charge in [-0.1, -0.05) is 11.6 Å². The predicted octanol–water partition coefficient (Wildman–Crippen LogP) is 0.375. The molecule has 1 aromatic rings. The maximum absolute atomic E-state index is 11.5. The molecule has 6 nitrogen and oxygen atoms in total. The molecule has 0 saturated carbocycles. The third-order valence-corrected chi connectivity index (χ3v) is 2.22. The van der Waals surface area contributed by atoms with Crippen molar-refractivity contribution in [3.05, 3.63) is 21.6 Å². The molecule has 0 aliphatic heterocycles. The quantitative estimate of drug-likeness (QED) is 0.437. The lowest BCUT2D eigenvalue weighted by molar-refractivity contribution is 0.637. The van der Waals surface area contributed by atoms with Gasteiger partial charge in [-0.25, -0.2) is 4.68 Å². The van der Waals surface area contributed by atoms with Gasteiger partial charge in [-0.15, -0.1) is 0 Å². The SMILES string of the molecule is CN(C)/C=N/N(C)c1cnn(C)c(=O)c1Cl. The lowest BCUT2D eigenvalue weighted by atomic mass is 10.4. The summed E-state index contributed by atoms with van der Waals surface area (Å²) in [5.41, 5.74) is 0.133. The second-order valence-electron chi connectivity index (χ2n) is 3.49. The monoisotopic (exact) mass is 243 g/mol. The van der Waals surface area contributed by atoms with Crippen LogP contribution >= 0.6 is 11.6 Å². The number of anilines is 1. The first kappa shape index (κ1) is 12.5. The smallest absolute Gasteiger partial charge is 0.287 e. The van der Waals surface area contributed by atoms with Crippen molar-refractivity contribution in [3.8, 4) is 0 Å². The van der Waals surface area contributed by atoms with Crippen LogP contribution in [0.2, 0.25) is 5.02 Å². The van der Waals surface area contributed by atoms with Gasteiger partial charge in [0.05, 0.1) is 6.20 Å². The minimum absolute atomic E-state index is 0.107. The molecule has 0 radical (unpaired) electrons. The Bertz CT molecular complexity index is 454. The highest BCUT2D eigenvalue weighted by atomic mass is 35.5. The molecule has 0 saturated heterocycles. The van der Waals surface area contributed by atoms with E-state index in [-0.39, 0.29) is 10.6 Å². The standard InChI is InChI=1S/C9H14ClN5O/c1-13(2)6-12-14(3)7-5-11-15(4)9(16)8(7)10/h5-6H,1-4H3/b12-6+. The highest BCUT2D eigenvalue weighted by Gasteiger charge is 2.10. The average Bonchev–Trinajstić information content (AvgIpc) is 2.23. The van der Waals surface area contributed by atoms with Crippen molar-refractivity contribution in [3.63, 3.8) is 0 Å². The number of halogens is 1. The van der Waals surface area contributed by atoms with E-state index in [0.29, 0.717) is 5.69 Å². The lowest BCUT2D eigenvalue weighted by Crippen LogP contribution is -2.23. The Kier molecular flexibility index (Phi) is 3.89. The Morgan fingerprint density at radius 1 is 1.50 bits per heavy atom. The third-order valence-electron chi connectivity index (χ3n) is 1.86. The highest BCUT2D eigenvalue weighted by molar-refractivity contribution is 6.32. The predicted molar refractivity (Wildman–Crippen MR) is 65.1 cm³/mol. The molecular formula is C9H14ClN5O. The van der Waals surface area contributed by atoms with E-state index in [4.69, 9.17) is 11.6 Å². The number of rotatable bonds is 3. The van der Waals surface area contributed by atoms with Crippen LogP contribution in [0.4, 0.5) is 5.69 Å². The van der Waals surface area contributed by atoms with Crippen LogP contribution in [-0.4, -0.2) is 42.2 Å². The van der Waals surface area contributed by atoms with E-state index in [0.717, 1.165) is 0 Å². The molecule has 0 N–H and O–H groups in total. The van der Waals surface area contributed by atoms with Gasteiger partial charge < -0.3 is 4.90 Å². The molecule has 0 fully saturated rings. The van der Waals surface area contributed by atoms with E-state index in [1.54, 1.807) is 25.3 Å². The van der Waals surface area contributed by atoms with Crippen molar-refractivity contribution in [1.29, 1.82) is 0 Å². The molecule has 1 rings (SSSR count). The van der Waals surface area contributed by atoms with Crippen molar-refractivity contribution in [2.75, 3.05) is 26.2 Å². The van der Waals surface area contributed by atoms with Crippen LogP contribution in [0, 0.1) is 0 Å². The van der Waals surface area contributed by atoms with Crippen LogP contribution in [-0.2, 0) is 7.05 Å². The number of hydrogen-bond donors (Lipinski definition) is 0. The largest absolute Gasteiger partial charge is 0.367 e. The van der Waals surface area contributed by atoms with Gasteiger partial charge in [-0.2, -0.15) is 10.2 Å². The molecule has 1 heterocycles. The Morgan fingerprint density at radius 3 is 2.69 bits per heavy atom. The summed E-state index contributed by atoms with van der Waals surface area (Å²) in [6, 6.07) is 0. The molecule has 0 bridgehead atoms. The molecule has 0 amide bonds. The fraction of sp³-hybridized carbons (Fsp3) is 0.444. The van der Waals surface area contributed by atoms with Crippen molar-refractivity contribution in [2.24, 2.45) is 12.1 Å². The maximum Gasteiger partial charge on any atom is 0.287 e. The summed E-state index contributed by atoms with van der Waals surface area (Å²) in [5, 5.41) is 9.57. The summed E-state index contributed by atoms with van der Waals surface area (Å²) in [6.45, 7) is 0. The minimum atomic E-state index is -0.342. The van der Waals surface area contributed by atoms with Crippen LogP contribution in [0.1, 0.15) is 0 Å². The Labute approximate surface area is 98.7 Å². The second kappa shape index (κ2) is 4.98. The molecule has 0 atom stereocenters. The van der Waals surface area contributed by atoms with E-state index in [9.17, 15) is 4.79 Å². The van der Waals surface area contributed by atoms with E-state index >= 15 is 0 Å². The van der Waals surface area contributed by atoms with Gasteiger partial charge in [0.15, 0.2) is 0 Å². The van der Waals surface area contributed by atoms with Gasteiger partial charge in [0.25, 0.3) is 5.56 Å². The zero-order chi connectivity index (χ0) is 12.3. The molecule has 88 valence electrons. The summed E-state index contributed by atoms with van der Waals surface area (Å²) in [4.78, 5) is 13.3. The summed E-state index contributed by atoms with van der Waals surface area (Å²) in [6.07, 6.45) is 3.10. The number of nitrogens with zero attached hydrogens (tertiary/aromatic N) is 5. The number of hydrazone groups is 1. The number of hydrogen-bond acceptors (Lipinski definition) is 4. The first-order valence-electron chi connectivity index (χ1n) is 4.59. The first-order chi connectivity index (χ1) is 7.43. The molecule has 0 spiro atoms. The van der Waals surface area contributed by atoms with Gasteiger partial charge in [0.1, 0.15) is 17.0 Å². The van der Waals surface area contributed by atoms with Crippen molar-refractivity contribution in [2.45, 2.75) is 0 Å². The van der Waals surface area contributed by atoms with E-state index < -0.39 is 0 Å². The molecule has 0 aromatic carbocycles. The maximum atomic E-state index is 11.5. The van der Waals surface area contributed by atoms with Gasteiger partial charge >= 0.3 is 0 Å². The topological polar surface area (TPSA) is 53.7 Å². The normalized spacial score (nSPS) is 10.8. The Balaban J connectivity index is 3.06. The lowest BCUT2D eigenvalue weighted by Gasteiger charge is -2.15. The third kappa shape index (κ3) is 2.73. The highest BCUT2D eigenvalue weighted by Crippen LogP contribution is 2.19. The zero-order valence-corrected chi connectivity index (χ0v) is 10.4. The second-order valence-corrected chi connectivity index (χ2v) is 3.87. The summed E-state index contributed by atoms with van der Waals surface area (Å²) in [7, 11) is 6.94. The first-order valence-corrected chi connectivity index (χ1v) is 4.97. The van der Waals surface area contributed by atoms with Crippen LogP contribution in [0.5, 0.6) is 0 Å². The molecule has 0 aliphatic carbocycles. The van der Waals surface area contributed by atoms with Crippen molar-refractivity contribution >= 4 is 23.6 Å². The fourth-order valence-corrected chi connectivity index (χ4v) is 1.26. The van der Waals surface area contributed by atoms with Gasteiger partial charge in [0.2, 0.25) is 0 Å². The minimum Gasteiger partial charge on any atom is -0.367 e. The van der Waals surface area contributed by atoms with Crippen molar-refractivity contribution < 1.29 is 0 Å². The fourth-order valence-electron chi connectivity index (χ4n) is 0.971. The molecule has 0 aliphatic rings.